The summed E-state index contributed by atoms with van der Waals surface area (Å²) >= 11 is 0. The van der Waals surface area contributed by atoms with Gasteiger partial charge in [0.25, 0.3) is 0 Å². The van der Waals surface area contributed by atoms with E-state index >= 15 is 0 Å². The number of hydrogen-bond donors (Lipinski definition) is 1. The van der Waals surface area contributed by atoms with Crippen molar-refractivity contribution in [2.75, 3.05) is 0 Å². The zero-order valence-electron chi connectivity index (χ0n) is 8.33. The molecule has 3 nitrogen and oxygen atoms in total. The third-order valence-electron chi connectivity index (χ3n) is 2.29. The summed E-state index contributed by atoms with van der Waals surface area (Å²) in [4.78, 5) is 0. The molecule has 0 bridgehead atoms. The monoisotopic (exact) mass is 232 g/mol. The molecule has 0 fully saturated rings. The topological polar surface area (TPSA) is 38.7 Å². The second-order valence-electron chi connectivity index (χ2n) is 3.38. The number of para-hydroxylation sites is 3. The van der Waals surface area contributed by atoms with Crippen LogP contribution < -0.4 is 14.4 Å². The Balaban J connectivity index is 1.95. The van der Waals surface area contributed by atoms with E-state index in [2.05, 4.69) is 0 Å². The van der Waals surface area contributed by atoms with Crippen molar-refractivity contribution < 1.29 is 14.2 Å². The average molecular weight is 232 g/mol. The number of phenolic OH excluding ortho intramolecular Hbond substituents is 1. The van der Waals surface area contributed by atoms with Gasteiger partial charge in [-0.25, -0.2) is 0 Å². The molecule has 4 heteroatoms. The van der Waals surface area contributed by atoms with E-state index in [-0.39, 0.29) is 5.75 Å². The van der Waals surface area contributed by atoms with Crippen LogP contribution in [0.2, 0.25) is 0 Å². The van der Waals surface area contributed by atoms with Crippen LogP contribution in [-0.2, 0) is 0 Å². The number of hydrogen-bond acceptors (Lipinski definition) is 3. The van der Waals surface area contributed by atoms with Gasteiger partial charge in [-0.1, -0.05) is 24.3 Å². The van der Waals surface area contributed by atoms with Crippen molar-refractivity contribution in [3.05, 3.63) is 48.5 Å². The van der Waals surface area contributed by atoms with Gasteiger partial charge in [0.05, 0.1) is 5.30 Å². The average Bonchev–Trinajstić information content (AvgIpc) is 2.73. The van der Waals surface area contributed by atoms with Crippen molar-refractivity contribution in [3.8, 4) is 17.2 Å². The summed E-state index contributed by atoms with van der Waals surface area (Å²) in [5.74, 6) is 1.68. The highest BCUT2D eigenvalue weighted by molar-refractivity contribution is 7.57. The normalized spacial score (nSPS) is 14.0. The molecule has 16 heavy (non-hydrogen) atoms. The predicted octanol–water partition coefficient (Wildman–Crippen LogP) is 2.80. The summed E-state index contributed by atoms with van der Waals surface area (Å²) in [5.41, 5.74) is 0. The summed E-state index contributed by atoms with van der Waals surface area (Å²) in [7, 11) is -1.24. The van der Waals surface area contributed by atoms with Crippen LogP contribution in [0.1, 0.15) is 0 Å². The molecule has 80 valence electrons. The van der Waals surface area contributed by atoms with E-state index < -0.39 is 8.38 Å². The van der Waals surface area contributed by atoms with Crippen molar-refractivity contribution in [1.82, 2.24) is 0 Å². The first-order valence-corrected chi connectivity index (χ1v) is 6.05. The van der Waals surface area contributed by atoms with Gasteiger partial charge < -0.3 is 14.2 Å². The molecule has 0 spiro atoms. The van der Waals surface area contributed by atoms with Crippen molar-refractivity contribution in [3.63, 3.8) is 0 Å². The molecule has 0 saturated heterocycles. The molecule has 1 aliphatic rings. The standard InChI is InChI=1S/C12H9O3P/c13-9-5-1-4-8-12(9)16-14-10-6-2-3-7-11(10)15-16/h1-8,13H. The zero-order chi connectivity index (χ0) is 11.0. The summed E-state index contributed by atoms with van der Waals surface area (Å²) in [6, 6.07) is 14.6. The van der Waals surface area contributed by atoms with Crippen LogP contribution in [0.3, 0.4) is 0 Å². The summed E-state index contributed by atoms with van der Waals surface area (Å²) < 4.78 is 11.3. The first-order valence-electron chi connectivity index (χ1n) is 4.88. The number of phenols is 1. The molecule has 0 saturated carbocycles. The van der Waals surface area contributed by atoms with Crippen LogP contribution in [0, 0.1) is 0 Å². The fourth-order valence-corrected chi connectivity index (χ4v) is 2.88. The third-order valence-corrected chi connectivity index (χ3v) is 3.79. The number of rotatable bonds is 1. The van der Waals surface area contributed by atoms with E-state index in [0.717, 1.165) is 11.5 Å². The Labute approximate surface area is 94.2 Å². The Morgan fingerprint density at radius 3 is 2.00 bits per heavy atom. The van der Waals surface area contributed by atoms with Gasteiger partial charge in [0, 0.05) is 0 Å². The molecule has 0 aromatic heterocycles. The highest BCUT2D eigenvalue weighted by Crippen LogP contribution is 2.52. The smallest absolute Gasteiger partial charge is 0.330 e. The highest BCUT2D eigenvalue weighted by atomic mass is 31.2. The van der Waals surface area contributed by atoms with Crippen molar-refractivity contribution in [2.45, 2.75) is 0 Å². The molecule has 1 N–H and O–H groups in total. The van der Waals surface area contributed by atoms with Crippen LogP contribution in [0.15, 0.2) is 48.5 Å². The fraction of sp³-hybridized carbons (Fsp3) is 0. The lowest BCUT2D eigenvalue weighted by Gasteiger charge is -2.09. The Morgan fingerprint density at radius 1 is 0.812 bits per heavy atom. The first-order chi connectivity index (χ1) is 7.84. The molecule has 0 radical (unpaired) electrons. The van der Waals surface area contributed by atoms with Gasteiger partial charge in [-0.15, -0.1) is 0 Å². The second-order valence-corrected chi connectivity index (χ2v) is 4.74. The molecule has 0 atom stereocenters. The maximum atomic E-state index is 9.71. The van der Waals surface area contributed by atoms with Gasteiger partial charge >= 0.3 is 8.38 Å². The van der Waals surface area contributed by atoms with Gasteiger partial charge in [-0.05, 0) is 24.3 Å². The van der Waals surface area contributed by atoms with Gasteiger partial charge in [0.2, 0.25) is 0 Å². The van der Waals surface area contributed by atoms with Crippen molar-refractivity contribution >= 4 is 13.7 Å². The van der Waals surface area contributed by atoms with Crippen LogP contribution in [0.5, 0.6) is 17.2 Å². The highest BCUT2D eigenvalue weighted by Gasteiger charge is 2.29. The van der Waals surface area contributed by atoms with E-state index in [4.69, 9.17) is 9.05 Å². The van der Waals surface area contributed by atoms with Crippen molar-refractivity contribution in [2.24, 2.45) is 0 Å². The molecule has 3 rings (SSSR count). The number of benzene rings is 2. The molecule has 1 aliphatic heterocycles. The number of aromatic hydroxyl groups is 1. The quantitative estimate of drug-likeness (QED) is 0.768. The summed E-state index contributed by atoms with van der Waals surface area (Å²) in [6.07, 6.45) is 0. The Kier molecular flexibility index (Phi) is 2.19. The Morgan fingerprint density at radius 2 is 1.38 bits per heavy atom. The van der Waals surface area contributed by atoms with Gasteiger partial charge in [0.1, 0.15) is 5.75 Å². The second kappa shape index (κ2) is 3.69. The minimum atomic E-state index is -1.24. The minimum absolute atomic E-state index is 0.210. The van der Waals surface area contributed by atoms with E-state index in [0.29, 0.717) is 5.30 Å². The minimum Gasteiger partial charge on any atom is -0.507 e. The van der Waals surface area contributed by atoms with Crippen LogP contribution >= 0.6 is 8.38 Å². The molecule has 2 aromatic carbocycles. The molecule has 1 heterocycles. The van der Waals surface area contributed by atoms with Gasteiger partial charge in [-0.2, -0.15) is 0 Å². The van der Waals surface area contributed by atoms with E-state index in [1.165, 1.54) is 0 Å². The fourth-order valence-electron chi connectivity index (χ4n) is 1.52. The lowest BCUT2D eigenvalue weighted by atomic mass is 10.3. The molecular weight excluding hydrogens is 223 g/mol. The van der Waals surface area contributed by atoms with E-state index in [1.807, 2.05) is 36.4 Å². The lowest BCUT2D eigenvalue weighted by Crippen LogP contribution is -2.05. The number of fused-ring (bicyclic) bond motifs is 1. The predicted molar refractivity (Wildman–Crippen MR) is 62.4 cm³/mol. The molecule has 0 unspecified atom stereocenters. The molecule has 2 aromatic rings. The maximum absolute atomic E-state index is 9.71. The van der Waals surface area contributed by atoms with Crippen LogP contribution in [0.4, 0.5) is 0 Å². The largest absolute Gasteiger partial charge is 0.507 e. The van der Waals surface area contributed by atoms with Gasteiger partial charge in [-0.3, -0.25) is 0 Å². The molecular formula is C12H9O3P. The van der Waals surface area contributed by atoms with Crippen molar-refractivity contribution in [1.29, 1.82) is 0 Å². The Bertz CT molecular complexity index is 502. The SMILES string of the molecule is Oc1ccccc1P1Oc2ccccc2O1. The summed E-state index contributed by atoms with van der Waals surface area (Å²) in [6.45, 7) is 0. The third kappa shape index (κ3) is 1.50. The maximum Gasteiger partial charge on any atom is 0.330 e. The summed E-state index contributed by atoms with van der Waals surface area (Å²) in [5, 5.41) is 10.4. The molecule has 0 aliphatic carbocycles. The van der Waals surface area contributed by atoms with Crippen LogP contribution in [-0.4, -0.2) is 5.11 Å². The molecule has 0 amide bonds. The van der Waals surface area contributed by atoms with Gasteiger partial charge in [0.15, 0.2) is 11.5 Å². The lowest BCUT2D eigenvalue weighted by molar-refractivity contribution is 0.477. The Hall–Kier alpha value is -1.73. The zero-order valence-corrected chi connectivity index (χ0v) is 9.22. The van der Waals surface area contributed by atoms with E-state index in [1.54, 1.807) is 12.1 Å². The van der Waals surface area contributed by atoms with Crippen LogP contribution in [0.25, 0.3) is 0 Å². The van der Waals surface area contributed by atoms with E-state index in [9.17, 15) is 5.11 Å². The first kappa shape index (κ1) is 9.49.